The van der Waals surface area contributed by atoms with E-state index in [0.717, 1.165) is 14.7 Å². The molecule has 9 heteroatoms. The van der Waals surface area contributed by atoms with Crippen molar-refractivity contribution in [3.8, 4) is 0 Å². The van der Waals surface area contributed by atoms with Gasteiger partial charge in [-0.2, -0.15) is 0 Å². The Hall–Kier alpha value is -3.20. The molecule has 0 saturated heterocycles. The predicted molar refractivity (Wildman–Crippen MR) is 105 cm³/mol. The molecule has 1 heterocycles. The summed E-state index contributed by atoms with van der Waals surface area (Å²) in [5.41, 5.74) is 5.02. The Labute approximate surface area is 161 Å². The number of hydrogen-bond acceptors (Lipinski definition) is 6. The molecule has 0 saturated carbocycles. The number of rotatable bonds is 9. The molecule has 1 unspecified atom stereocenters. The lowest BCUT2D eigenvalue weighted by Crippen LogP contribution is -2.45. The molecule has 1 aromatic heterocycles. The highest BCUT2D eigenvalue weighted by molar-refractivity contribution is 6.01. The highest BCUT2D eigenvalue weighted by Gasteiger charge is 2.23. The molecule has 0 fully saturated rings. The van der Waals surface area contributed by atoms with E-state index in [-0.39, 0.29) is 24.5 Å². The Morgan fingerprint density at radius 3 is 2.43 bits per heavy atom. The van der Waals surface area contributed by atoms with E-state index in [0.29, 0.717) is 12.8 Å². The van der Waals surface area contributed by atoms with Crippen LogP contribution < -0.4 is 22.3 Å². The number of carbonyl (C=O) groups is 2. The number of nitrogen functional groups attached to an aromatic ring is 1. The van der Waals surface area contributed by atoms with Gasteiger partial charge in [-0.15, -0.1) is 0 Å². The first-order valence-corrected chi connectivity index (χ1v) is 8.90. The highest BCUT2D eigenvalue weighted by atomic mass is 16.4. The maximum Gasteiger partial charge on any atom is 0.332 e. The number of ketones is 1. The van der Waals surface area contributed by atoms with Crippen molar-refractivity contribution in [2.75, 3.05) is 12.3 Å². The predicted octanol–water partition coefficient (Wildman–Crippen LogP) is 0.203. The third-order valence-corrected chi connectivity index (χ3v) is 4.43. The van der Waals surface area contributed by atoms with E-state index in [1.165, 1.54) is 7.05 Å². The Morgan fingerprint density at radius 2 is 1.86 bits per heavy atom. The number of nitrogens with zero attached hydrogens (tertiary/aromatic N) is 2. The van der Waals surface area contributed by atoms with Crippen LogP contribution in [0.3, 0.4) is 0 Å². The minimum absolute atomic E-state index is 0.0981. The second-order valence-electron chi connectivity index (χ2n) is 6.46. The number of carboxylic acids is 1. The largest absolute Gasteiger partial charge is 0.480 e. The van der Waals surface area contributed by atoms with E-state index in [2.05, 4.69) is 5.32 Å². The number of anilines is 1. The smallest absolute Gasteiger partial charge is 0.332 e. The van der Waals surface area contributed by atoms with Crippen LogP contribution in [0, 0.1) is 0 Å². The maximum absolute atomic E-state index is 12.6. The van der Waals surface area contributed by atoms with Gasteiger partial charge in [-0.3, -0.25) is 28.8 Å². The van der Waals surface area contributed by atoms with Crippen LogP contribution in [0.2, 0.25) is 0 Å². The van der Waals surface area contributed by atoms with Crippen molar-refractivity contribution in [3.05, 3.63) is 62.3 Å². The molecule has 28 heavy (non-hydrogen) atoms. The third kappa shape index (κ3) is 4.55. The molecule has 1 atom stereocenters. The summed E-state index contributed by atoms with van der Waals surface area (Å²) >= 11 is 0. The first-order valence-electron chi connectivity index (χ1n) is 8.90. The molecule has 0 radical (unpaired) electrons. The first kappa shape index (κ1) is 21.1. The molecule has 2 aromatic rings. The summed E-state index contributed by atoms with van der Waals surface area (Å²) in [7, 11) is 1.27. The van der Waals surface area contributed by atoms with Crippen LogP contribution in [0.25, 0.3) is 0 Å². The first-order chi connectivity index (χ1) is 13.3. The van der Waals surface area contributed by atoms with Crippen molar-refractivity contribution in [3.63, 3.8) is 0 Å². The van der Waals surface area contributed by atoms with E-state index in [4.69, 9.17) is 5.73 Å². The van der Waals surface area contributed by atoms with E-state index >= 15 is 0 Å². The van der Waals surface area contributed by atoms with Crippen molar-refractivity contribution in [2.24, 2.45) is 7.05 Å². The van der Waals surface area contributed by atoms with E-state index in [1.807, 2.05) is 13.0 Å². The zero-order valence-corrected chi connectivity index (χ0v) is 15.8. The second kappa shape index (κ2) is 9.14. The molecule has 0 bridgehead atoms. The van der Waals surface area contributed by atoms with Gasteiger partial charge in [0.1, 0.15) is 17.4 Å². The van der Waals surface area contributed by atoms with Gasteiger partial charge < -0.3 is 10.8 Å². The monoisotopic (exact) mass is 388 g/mol. The van der Waals surface area contributed by atoms with Gasteiger partial charge in [-0.05, 0) is 12.0 Å². The molecular weight excluding hydrogens is 364 g/mol. The molecule has 4 N–H and O–H groups in total. The van der Waals surface area contributed by atoms with E-state index < -0.39 is 29.0 Å². The number of Topliss-reactive ketones (excluding diaryl/α,β-unsaturated/α-hetero) is 1. The minimum atomic E-state index is -1.08. The minimum Gasteiger partial charge on any atom is -0.480 e. The van der Waals surface area contributed by atoms with Crippen molar-refractivity contribution >= 4 is 17.6 Å². The molecule has 0 aliphatic heterocycles. The van der Waals surface area contributed by atoms with Gasteiger partial charge in [0.25, 0.3) is 5.56 Å². The van der Waals surface area contributed by atoms with Crippen LogP contribution in [0.5, 0.6) is 0 Å². The molecule has 9 nitrogen and oxygen atoms in total. The van der Waals surface area contributed by atoms with E-state index in [1.54, 1.807) is 24.3 Å². The molecule has 2 rings (SSSR count). The summed E-state index contributed by atoms with van der Waals surface area (Å²) in [6, 6.07) is 8.11. The Bertz CT molecular complexity index is 978. The Kier molecular flexibility index (Phi) is 6.89. The number of aliphatic carboxylic acids is 1. The van der Waals surface area contributed by atoms with E-state index in [9.17, 15) is 24.3 Å². The third-order valence-electron chi connectivity index (χ3n) is 4.43. The fraction of sp³-hybridized carbons (Fsp3) is 0.368. The Balaban J connectivity index is 2.38. The number of nitrogens with two attached hydrogens (primary N) is 1. The van der Waals surface area contributed by atoms with Gasteiger partial charge in [0, 0.05) is 7.05 Å². The summed E-state index contributed by atoms with van der Waals surface area (Å²) in [4.78, 5) is 48.8. The van der Waals surface area contributed by atoms with Gasteiger partial charge in [-0.25, -0.2) is 4.79 Å². The maximum atomic E-state index is 12.6. The standard InChI is InChI=1S/C19H24N4O5/c1-3-7-13(18(26)27)21-10-14(24)15-16(20)23(19(28)22(2)17(15)25)11-12-8-5-4-6-9-12/h4-6,8-9,13,21H,3,7,10-11,20H2,1-2H3,(H,26,27). The summed E-state index contributed by atoms with van der Waals surface area (Å²) in [5.74, 6) is -1.97. The molecular formula is C19H24N4O5. The lowest BCUT2D eigenvalue weighted by Gasteiger charge is -2.16. The average Bonchev–Trinajstić information content (AvgIpc) is 2.67. The molecule has 1 aromatic carbocycles. The summed E-state index contributed by atoms with van der Waals surface area (Å²) < 4.78 is 1.98. The topological polar surface area (TPSA) is 136 Å². The number of hydrogen-bond donors (Lipinski definition) is 3. The van der Waals surface area contributed by atoms with Crippen LogP contribution in [0.1, 0.15) is 35.7 Å². The number of aromatic nitrogens is 2. The Morgan fingerprint density at radius 1 is 1.21 bits per heavy atom. The lowest BCUT2D eigenvalue weighted by atomic mass is 10.1. The molecule has 0 amide bonds. The van der Waals surface area contributed by atoms with Crippen molar-refractivity contribution in [2.45, 2.75) is 32.4 Å². The normalized spacial score (nSPS) is 11.9. The zero-order chi connectivity index (χ0) is 20.8. The highest BCUT2D eigenvalue weighted by Crippen LogP contribution is 2.09. The summed E-state index contributed by atoms with van der Waals surface area (Å²) in [6.07, 6.45) is 0.952. The SMILES string of the molecule is CCCC(NCC(=O)c1c(N)n(Cc2ccccc2)c(=O)n(C)c1=O)C(=O)O. The fourth-order valence-electron chi connectivity index (χ4n) is 2.87. The second-order valence-corrected chi connectivity index (χ2v) is 6.46. The molecule has 150 valence electrons. The van der Waals surface area contributed by atoms with Crippen molar-refractivity contribution in [1.82, 2.24) is 14.5 Å². The van der Waals surface area contributed by atoms with Gasteiger partial charge in [-0.1, -0.05) is 43.7 Å². The van der Waals surface area contributed by atoms with Crippen LogP contribution in [0.15, 0.2) is 39.9 Å². The summed E-state index contributed by atoms with van der Waals surface area (Å²) in [5, 5.41) is 11.8. The summed E-state index contributed by atoms with van der Waals surface area (Å²) in [6.45, 7) is 1.55. The van der Waals surface area contributed by atoms with Gasteiger partial charge in [0.2, 0.25) is 0 Å². The van der Waals surface area contributed by atoms with Gasteiger partial charge in [0.15, 0.2) is 5.78 Å². The van der Waals surface area contributed by atoms with Crippen LogP contribution in [0.4, 0.5) is 5.82 Å². The molecule has 0 aliphatic carbocycles. The fourth-order valence-corrected chi connectivity index (χ4v) is 2.87. The lowest BCUT2D eigenvalue weighted by molar-refractivity contribution is -0.139. The van der Waals surface area contributed by atoms with Gasteiger partial charge in [0.05, 0.1) is 13.1 Å². The number of carboxylic acid groups (broad SMARTS) is 1. The van der Waals surface area contributed by atoms with Crippen molar-refractivity contribution < 1.29 is 14.7 Å². The molecule has 0 aliphatic rings. The van der Waals surface area contributed by atoms with Gasteiger partial charge >= 0.3 is 11.7 Å². The quantitative estimate of drug-likeness (QED) is 0.522. The number of nitrogens with one attached hydrogen (secondary N) is 1. The number of carbonyl (C=O) groups excluding carboxylic acids is 1. The molecule has 0 spiro atoms. The van der Waals surface area contributed by atoms with Crippen LogP contribution >= 0.6 is 0 Å². The van der Waals surface area contributed by atoms with Crippen LogP contribution in [-0.2, 0) is 18.4 Å². The number of benzene rings is 1. The zero-order valence-electron chi connectivity index (χ0n) is 15.8. The van der Waals surface area contributed by atoms with Crippen LogP contribution in [-0.4, -0.2) is 38.6 Å². The van der Waals surface area contributed by atoms with Crippen molar-refractivity contribution in [1.29, 1.82) is 0 Å². The average molecular weight is 388 g/mol.